The number of fused-ring (bicyclic) bond motifs is 1. The smallest absolute Gasteiger partial charge is 0.252 e. The zero-order chi connectivity index (χ0) is 18.8. The number of pyridine rings is 1. The van der Waals surface area contributed by atoms with E-state index in [9.17, 15) is 9.59 Å². The predicted octanol–water partition coefficient (Wildman–Crippen LogP) is 3.38. The van der Waals surface area contributed by atoms with E-state index in [-0.39, 0.29) is 17.5 Å². The number of hydrogen-bond acceptors (Lipinski definition) is 5. The Hall–Kier alpha value is -3.22. The number of carbonyl (C=O) groups is 1. The summed E-state index contributed by atoms with van der Waals surface area (Å²) in [5, 5.41) is 6.73. The summed E-state index contributed by atoms with van der Waals surface area (Å²) in [7, 11) is 0. The Balaban J connectivity index is 2.00. The molecule has 3 aromatic rings. The van der Waals surface area contributed by atoms with Crippen LogP contribution in [0.25, 0.3) is 11.0 Å². The highest BCUT2D eigenvalue weighted by atomic mass is 16.1. The lowest BCUT2D eigenvalue weighted by Gasteiger charge is -2.14. The first kappa shape index (κ1) is 17.6. The van der Waals surface area contributed by atoms with Gasteiger partial charge in [0, 0.05) is 42.0 Å². The van der Waals surface area contributed by atoms with Crippen LogP contribution in [0.4, 0.5) is 17.3 Å². The van der Waals surface area contributed by atoms with Crippen molar-refractivity contribution >= 4 is 34.3 Å². The lowest BCUT2D eigenvalue weighted by Crippen LogP contribution is -2.22. The number of nitrogens with zero attached hydrogens (tertiary/aromatic N) is 3. The summed E-state index contributed by atoms with van der Waals surface area (Å²) in [6.07, 6.45) is 1.69. The lowest BCUT2D eigenvalue weighted by molar-refractivity contribution is -0.114. The van der Waals surface area contributed by atoms with Crippen molar-refractivity contribution in [3.8, 4) is 0 Å². The molecule has 0 radical (unpaired) electrons. The quantitative estimate of drug-likeness (QED) is 0.752. The van der Waals surface area contributed by atoms with Crippen molar-refractivity contribution in [2.45, 2.75) is 33.7 Å². The highest BCUT2D eigenvalue weighted by Gasteiger charge is 2.10. The van der Waals surface area contributed by atoms with Gasteiger partial charge in [0.1, 0.15) is 5.65 Å². The third-order valence-corrected chi connectivity index (χ3v) is 3.99. The van der Waals surface area contributed by atoms with Gasteiger partial charge in [-0.15, -0.1) is 0 Å². The average molecular weight is 351 g/mol. The molecule has 0 spiro atoms. The first-order chi connectivity index (χ1) is 12.3. The Morgan fingerprint density at radius 1 is 1.19 bits per heavy atom. The van der Waals surface area contributed by atoms with E-state index in [0.29, 0.717) is 11.6 Å². The second kappa shape index (κ2) is 6.95. The van der Waals surface area contributed by atoms with Crippen LogP contribution in [-0.2, 0) is 4.79 Å². The Morgan fingerprint density at radius 3 is 2.65 bits per heavy atom. The summed E-state index contributed by atoms with van der Waals surface area (Å²) in [6, 6.07) is 8.84. The molecule has 3 rings (SSSR count). The summed E-state index contributed by atoms with van der Waals surface area (Å²) in [5.41, 5.74) is 2.91. The van der Waals surface area contributed by atoms with Gasteiger partial charge in [0.15, 0.2) is 0 Å². The Bertz CT molecular complexity index is 1040. The van der Waals surface area contributed by atoms with E-state index < -0.39 is 0 Å². The van der Waals surface area contributed by atoms with Crippen LogP contribution >= 0.6 is 0 Å². The molecule has 0 atom stereocenters. The van der Waals surface area contributed by atoms with Crippen LogP contribution in [-0.4, -0.2) is 20.4 Å². The van der Waals surface area contributed by atoms with Crippen LogP contribution in [0.2, 0.25) is 0 Å². The van der Waals surface area contributed by atoms with Gasteiger partial charge in [0.2, 0.25) is 11.9 Å². The monoisotopic (exact) mass is 351 g/mol. The number of amides is 1. The topological polar surface area (TPSA) is 88.9 Å². The minimum atomic E-state index is -0.131. The fourth-order valence-corrected chi connectivity index (χ4v) is 2.75. The third-order valence-electron chi connectivity index (χ3n) is 3.99. The number of carbonyl (C=O) groups excluding carboxylic acids is 1. The van der Waals surface area contributed by atoms with E-state index in [2.05, 4.69) is 20.6 Å². The zero-order valence-electron chi connectivity index (χ0n) is 15.2. The maximum Gasteiger partial charge on any atom is 0.252 e. The van der Waals surface area contributed by atoms with Gasteiger partial charge in [-0.3, -0.25) is 14.2 Å². The SMILES string of the molecule is CC(=O)Nc1cc(Nc2ncc3ccc(=O)n(C(C)C)c3n2)ccc1C. The number of rotatable bonds is 4. The van der Waals surface area contributed by atoms with E-state index in [1.54, 1.807) is 16.8 Å². The van der Waals surface area contributed by atoms with Crippen LogP contribution < -0.4 is 16.2 Å². The fraction of sp³-hybridized carbons (Fsp3) is 0.263. The molecular formula is C19H21N5O2. The summed E-state index contributed by atoms with van der Waals surface area (Å²) in [6.45, 7) is 7.27. The number of anilines is 3. The largest absolute Gasteiger partial charge is 0.326 e. The molecule has 0 fully saturated rings. The molecule has 7 nitrogen and oxygen atoms in total. The molecule has 0 saturated heterocycles. The van der Waals surface area contributed by atoms with Crippen molar-refractivity contribution in [2.24, 2.45) is 0 Å². The Kier molecular flexibility index (Phi) is 4.71. The lowest BCUT2D eigenvalue weighted by atomic mass is 10.2. The van der Waals surface area contributed by atoms with Crippen molar-refractivity contribution in [1.29, 1.82) is 0 Å². The standard InChI is InChI=1S/C19H21N5O2/c1-11(2)24-17(26)8-6-14-10-20-19(23-18(14)24)22-15-7-5-12(3)16(9-15)21-13(4)25/h5-11H,1-4H3,(H,21,25)(H,20,22,23). The average Bonchev–Trinajstić information content (AvgIpc) is 2.56. The molecular weight excluding hydrogens is 330 g/mol. The molecule has 7 heteroatoms. The number of aryl methyl sites for hydroxylation is 1. The van der Waals surface area contributed by atoms with Crippen LogP contribution in [0.5, 0.6) is 0 Å². The molecule has 1 aromatic carbocycles. The molecule has 26 heavy (non-hydrogen) atoms. The summed E-state index contributed by atoms with van der Waals surface area (Å²) in [4.78, 5) is 32.3. The first-order valence-corrected chi connectivity index (χ1v) is 8.38. The van der Waals surface area contributed by atoms with E-state index in [1.807, 2.05) is 39.0 Å². The minimum Gasteiger partial charge on any atom is -0.326 e. The molecule has 0 bridgehead atoms. The molecule has 2 N–H and O–H groups in total. The van der Waals surface area contributed by atoms with Gasteiger partial charge in [-0.25, -0.2) is 4.98 Å². The van der Waals surface area contributed by atoms with Crippen molar-refractivity contribution in [1.82, 2.24) is 14.5 Å². The van der Waals surface area contributed by atoms with Crippen molar-refractivity contribution < 1.29 is 4.79 Å². The molecule has 2 aromatic heterocycles. The number of nitrogens with one attached hydrogen (secondary N) is 2. The van der Waals surface area contributed by atoms with Gasteiger partial charge in [-0.05, 0) is 44.5 Å². The molecule has 0 saturated carbocycles. The number of aromatic nitrogens is 3. The minimum absolute atomic E-state index is 0.0142. The second-order valence-corrected chi connectivity index (χ2v) is 6.44. The van der Waals surface area contributed by atoms with Gasteiger partial charge in [-0.1, -0.05) is 6.07 Å². The highest BCUT2D eigenvalue weighted by molar-refractivity contribution is 5.90. The molecule has 0 aliphatic carbocycles. The van der Waals surface area contributed by atoms with Gasteiger partial charge < -0.3 is 10.6 Å². The van der Waals surface area contributed by atoms with Crippen LogP contribution in [0.3, 0.4) is 0 Å². The summed E-state index contributed by atoms with van der Waals surface area (Å²) in [5.74, 6) is 0.253. The predicted molar refractivity (Wildman–Crippen MR) is 103 cm³/mol. The molecule has 134 valence electrons. The zero-order valence-corrected chi connectivity index (χ0v) is 15.2. The summed E-state index contributed by atoms with van der Waals surface area (Å²) < 4.78 is 1.64. The van der Waals surface area contributed by atoms with Crippen molar-refractivity contribution in [3.05, 3.63) is 52.4 Å². The highest BCUT2D eigenvalue weighted by Crippen LogP contribution is 2.23. The maximum atomic E-state index is 12.2. The Morgan fingerprint density at radius 2 is 1.96 bits per heavy atom. The first-order valence-electron chi connectivity index (χ1n) is 8.38. The number of hydrogen-bond donors (Lipinski definition) is 2. The summed E-state index contributed by atoms with van der Waals surface area (Å²) >= 11 is 0. The third kappa shape index (κ3) is 3.56. The van der Waals surface area contributed by atoms with Gasteiger partial charge in [0.05, 0.1) is 0 Å². The van der Waals surface area contributed by atoms with E-state index in [0.717, 1.165) is 22.3 Å². The molecule has 0 aliphatic heterocycles. The fourth-order valence-electron chi connectivity index (χ4n) is 2.75. The maximum absolute atomic E-state index is 12.2. The normalized spacial score (nSPS) is 11.0. The van der Waals surface area contributed by atoms with Gasteiger partial charge >= 0.3 is 0 Å². The number of benzene rings is 1. The van der Waals surface area contributed by atoms with Crippen LogP contribution in [0, 0.1) is 6.92 Å². The van der Waals surface area contributed by atoms with Crippen molar-refractivity contribution in [2.75, 3.05) is 10.6 Å². The second-order valence-electron chi connectivity index (χ2n) is 6.44. The molecule has 0 aliphatic rings. The van der Waals surface area contributed by atoms with Gasteiger partial charge in [0.25, 0.3) is 5.56 Å². The van der Waals surface area contributed by atoms with Crippen LogP contribution in [0.1, 0.15) is 32.4 Å². The van der Waals surface area contributed by atoms with E-state index >= 15 is 0 Å². The molecule has 1 amide bonds. The van der Waals surface area contributed by atoms with E-state index in [1.165, 1.54) is 13.0 Å². The van der Waals surface area contributed by atoms with Crippen LogP contribution in [0.15, 0.2) is 41.3 Å². The Labute approximate surface area is 151 Å². The van der Waals surface area contributed by atoms with Crippen molar-refractivity contribution in [3.63, 3.8) is 0 Å². The molecule has 2 heterocycles. The van der Waals surface area contributed by atoms with E-state index in [4.69, 9.17) is 0 Å². The van der Waals surface area contributed by atoms with Gasteiger partial charge in [-0.2, -0.15) is 4.98 Å². The molecule has 0 unspecified atom stereocenters.